The predicted molar refractivity (Wildman–Crippen MR) is 73.4 cm³/mol. The molecule has 6 nitrogen and oxygen atoms in total. The van der Waals surface area contributed by atoms with Crippen molar-refractivity contribution >= 4 is 11.9 Å². The molecule has 21 heavy (non-hydrogen) atoms. The minimum absolute atomic E-state index is 0.00249. The average molecular weight is 288 g/mol. The lowest BCUT2D eigenvalue weighted by Crippen LogP contribution is -2.07. The third kappa shape index (κ3) is 2.85. The van der Waals surface area contributed by atoms with Crippen LogP contribution in [-0.2, 0) is 4.89 Å². The van der Waals surface area contributed by atoms with Crippen LogP contribution in [0, 0.1) is 0 Å². The van der Waals surface area contributed by atoms with E-state index in [4.69, 9.17) is 4.89 Å². The number of carbonyl (C=O) groups is 2. The van der Waals surface area contributed by atoms with E-state index >= 15 is 0 Å². The fraction of sp³-hybridized carbons (Fsp3) is 0.0667. The molecule has 0 aliphatic heterocycles. The molecular weight excluding hydrogens is 276 g/mol. The first-order chi connectivity index (χ1) is 10.1. The van der Waals surface area contributed by atoms with Crippen molar-refractivity contribution in [2.45, 2.75) is 0 Å². The standard InChI is InChI=1S/C15H12O6/c1-20-21-12-8-4-7-10(13(12)15(18)19)9-5-2-3-6-11(9)14(16)17/h2-8H,1H3,(H,16,17)(H,18,19). The van der Waals surface area contributed by atoms with E-state index in [1.165, 1.54) is 25.3 Å². The fourth-order valence-electron chi connectivity index (χ4n) is 2.04. The Kier molecular flexibility index (Phi) is 4.20. The van der Waals surface area contributed by atoms with Gasteiger partial charge in [0.25, 0.3) is 0 Å². The summed E-state index contributed by atoms with van der Waals surface area (Å²) < 4.78 is 0. The molecule has 0 fully saturated rings. The summed E-state index contributed by atoms with van der Waals surface area (Å²) in [5, 5.41) is 18.6. The summed E-state index contributed by atoms with van der Waals surface area (Å²) in [5.41, 5.74) is 0.390. The molecule has 0 aliphatic carbocycles. The lowest BCUT2D eigenvalue weighted by molar-refractivity contribution is -0.178. The molecule has 0 radical (unpaired) electrons. The summed E-state index contributed by atoms with van der Waals surface area (Å²) in [5.74, 6) is -2.37. The van der Waals surface area contributed by atoms with Gasteiger partial charge in [0.05, 0.1) is 12.7 Å². The molecule has 0 heterocycles. The molecule has 0 saturated heterocycles. The Morgan fingerprint density at radius 3 is 2.19 bits per heavy atom. The van der Waals surface area contributed by atoms with Crippen LogP contribution in [0.15, 0.2) is 42.5 Å². The maximum absolute atomic E-state index is 11.5. The second-order valence-electron chi connectivity index (χ2n) is 4.08. The van der Waals surface area contributed by atoms with Crippen molar-refractivity contribution in [3.63, 3.8) is 0 Å². The summed E-state index contributed by atoms with van der Waals surface area (Å²) in [6, 6.07) is 10.7. The van der Waals surface area contributed by atoms with E-state index in [2.05, 4.69) is 4.89 Å². The van der Waals surface area contributed by atoms with Crippen molar-refractivity contribution < 1.29 is 29.6 Å². The molecular formula is C15H12O6. The number of hydrogen-bond donors (Lipinski definition) is 2. The molecule has 0 bridgehead atoms. The van der Waals surface area contributed by atoms with E-state index in [1.807, 2.05) is 0 Å². The molecule has 2 aromatic carbocycles. The van der Waals surface area contributed by atoms with Crippen molar-refractivity contribution in [2.24, 2.45) is 0 Å². The molecule has 0 amide bonds. The first-order valence-electron chi connectivity index (χ1n) is 5.96. The van der Waals surface area contributed by atoms with Gasteiger partial charge in [-0.15, -0.1) is 0 Å². The minimum atomic E-state index is -1.24. The van der Waals surface area contributed by atoms with Gasteiger partial charge in [0.15, 0.2) is 5.75 Å². The topological polar surface area (TPSA) is 93.1 Å². The number of rotatable bonds is 5. The highest BCUT2D eigenvalue weighted by atomic mass is 17.2. The molecule has 6 heteroatoms. The van der Waals surface area contributed by atoms with Crippen LogP contribution < -0.4 is 4.89 Å². The van der Waals surface area contributed by atoms with Gasteiger partial charge in [-0.05, 0) is 17.7 Å². The van der Waals surface area contributed by atoms with Crippen molar-refractivity contribution in [1.29, 1.82) is 0 Å². The number of benzene rings is 2. The Morgan fingerprint density at radius 2 is 1.57 bits per heavy atom. The van der Waals surface area contributed by atoms with Crippen molar-refractivity contribution in [3.8, 4) is 16.9 Å². The molecule has 2 aromatic rings. The largest absolute Gasteiger partial charge is 0.478 e. The van der Waals surface area contributed by atoms with Crippen molar-refractivity contribution in [3.05, 3.63) is 53.6 Å². The van der Waals surface area contributed by atoms with Crippen LogP contribution in [0.2, 0.25) is 0 Å². The van der Waals surface area contributed by atoms with Crippen LogP contribution in [0.3, 0.4) is 0 Å². The zero-order chi connectivity index (χ0) is 15.4. The van der Waals surface area contributed by atoms with E-state index < -0.39 is 11.9 Å². The molecule has 0 unspecified atom stereocenters. The van der Waals surface area contributed by atoms with E-state index in [-0.39, 0.29) is 22.4 Å². The van der Waals surface area contributed by atoms with Gasteiger partial charge in [0, 0.05) is 5.56 Å². The van der Waals surface area contributed by atoms with Gasteiger partial charge < -0.3 is 15.1 Å². The third-order valence-corrected chi connectivity index (χ3v) is 2.86. The Balaban J connectivity index is 2.72. The summed E-state index contributed by atoms with van der Waals surface area (Å²) >= 11 is 0. The third-order valence-electron chi connectivity index (χ3n) is 2.86. The monoisotopic (exact) mass is 288 g/mol. The first-order valence-corrected chi connectivity index (χ1v) is 5.96. The highest BCUT2D eigenvalue weighted by Crippen LogP contribution is 2.33. The first kappa shape index (κ1) is 14.5. The Hall–Kier alpha value is -2.86. The second-order valence-corrected chi connectivity index (χ2v) is 4.08. The van der Waals surface area contributed by atoms with Crippen molar-refractivity contribution in [2.75, 3.05) is 7.11 Å². The van der Waals surface area contributed by atoms with E-state index in [1.54, 1.807) is 24.3 Å². The molecule has 2 N–H and O–H groups in total. The zero-order valence-corrected chi connectivity index (χ0v) is 11.1. The Bertz CT molecular complexity index is 692. The summed E-state index contributed by atoms with van der Waals surface area (Å²) in [6.45, 7) is 0. The second kappa shape index (κ2) is 6.06. The maximum atomic E-state index is 11.5. The number of aromatic carboxylic acids is 2. The predicted octanol–water partition coefficient (Wildman–Crippen LogP) is 2.69. The van der Waals surface area contributed by atoms with Gasteiger partial charge in [-0.25, -0.2) is 9.59 Å². The molecule has 0 saturated carbocycles. The average Bonchev–Trinajstić information content (AvgIpc) is 2.47. The molecule has 0 atom stereocenters. The van der Waals surface area contributed by atoms with Gasteiger partial charge in [-0.1, -0.05) is 30.3 Å². The lowest BCUT2D eigenvalue weighted by atomic mass is 9.95. The normalized spacial score (nSPS) is 10.1. The maximum Gasteiger partial charge on any atom is 0.340 e. The highest BCUT2D eigenvalue weighted by molar-refractivity contribution is 6.03. The van der Waals surface area contributed by atoms with Crippen LogP contribution in [0.25, 0.3) is 11.1 Å². The highest BCUT2D eigenvalue weighted by Gasteiger charge is 2.21. The van der Waals surface area contributed by atoms with Gasteiger partial charge >= 0.3 is 11.9 Å². The molecule has 108 valence electrons. The SMILES string of the molecule is COOc1cccc(-c2ccccc2C(=O)O)c1C(=O)O. The Labute approximate surface area is 120 Å². The van der Waals surface area contributed by atoms with Crippen molar-refractivity contribution in [1.82, 2.24) is 0 Å². The van der Waals surface area contributed by atoms with Gasteiger partial charge in [0.2, 0.25) is 0 Å². The van der Waals surface area contributed by atoms with E-state index in [9.17, 15) is 19.8 Å². The van der Waals surface area contributed by atoms with Gasteiger partial charge in [0.1, 0.15) is 5.56 Å². The number of hydrogen-bond acceptors (Lipinski definition) is 4. The van der Waals surface area contributed by atoms with Crippen LogP contribution in [0.4, 0.5) is 0 Å². The van der Waals surface area contributed by atoms with Crippen LogP contribution in [0.5, 0.6) is 5.75 Å². The smallest absolute Gasteiger partial charge is 0.340 e. The number of carboxylic acids is 2. The molecule has 0 aliphatic rings. The Morgan fingerprint density at radius 1 is 0.905 bits per heavy atom. The zero-order valence-electron chi connectivity index (χ0n) is 11.1. The number of carboxylic acid groups (broad SMARTS) is 2. The van der Waals surface area contributed by atoms with E-state index in [0.29, 0.717) is 5.56 Å². The fourth-order valence-corrected chi connectivity index (χ4v) is 2.04. The molecule has 0 aromatic heterocycles. The van der Waals surface area contributed by atoms with Crippen LogP contribution in [0.1, 0.15) is 20.7 Å². The van der Waals surface area contributed by atoms with Gasteiger partial charge in [-0.3, -0.25) is 0 Å². The van der Waals surface area contributed by atoms with Gasteiger partial charge in [-0.2, -0.15) is 4.89 Å². The lowest BCUT2D eigenvalue weighted by Gasteiger charge is -2.12. The van der Waals surface area contributed by atoms with Crippen LogP contribution >= 0.6 is 0 Å². The van der Waals surface area contributed by atoms with Crippen LogP contribution in [-0.4, -0.2) is 29.3 Å². The molecule has 0 spiro atoms. The summed E-state index contributed by atoms with van der Waals surface area (Å²) in [7, 11) is 1.25. The van der Waals surface area contributed by atoms with E-state index in [0.717, 1.165) is 0 Å². The quantitative estimate of drug-likeness (QED) is 0.649. The minimum Gasteiger partial charge on any atom is -0.478 e. The summed E-state index contributed by atoms with van der Waals surface area (Å²) in [6.07, 6.45) is 0. The molecule has 2 rings (SSSR count). The summed E-state index contributed by atoms with van der Waals surface area (Å²) in [4.78, 5) is 32.1.